The van der Waals surface area contributed by atoms with Gasteiger partial charge in [0.1, 0.15) is 11.5 Å². The second-order valence-electron chi connectivity index (χ2n) is 7.34. The number of morpholine rings is 1. The van der Waals surface area contributed by atoms with Crippen LogP contribution in [0.2, 0.25) is 0 Å². The minimum atomic E-state index is -0.0692. The Labute approximate surface area is 150 Å². The second kappa shape index (κ2) is 8.72. The highest BCUT2D eigenvalue weighted by molar-refractivity contribution is 5.74. The molecule has 6 nitrogen and oxygen atoms in total. The van der Waals surface area contributed by atoms with E-state index >= 15 is 0 Å². The van der Waals surface area contributed by atoms with Crippen LogP contribution in [0.15, 0.2) is 16.5 Å². The Hall–Kier alpha value is -1.53. The first-order chi connectivity index (χ1) is 12.1. The van der Waals surface area contributed by atoms with Crippen LogP contribution in [-0.4, -0.2) is 49.8 Å². The van der Waals surface area contributed by atoms with Crippen molar-refractivity contribution in [1.29, 1.82) is 0 Å². The van der Waals surface area contributed by atoms with Gasteiger partial charge in [-0.1, -0.05) is 19.8 Å². The highest BCUT2D eigenvalue weighted by atomic mass is 16.5. The molecule has 2 amide bonds. The predicted molar refractivity (Wildman–Crippen MR) is 96.5 cm³/mol. The van der Waals surface area contributed by atoms with Crippen LogP contribution in [-0.2, 0) is 4.74 Å². The van der Waals surface area contributed by atoms with Crippen molar-refractivity contribution in [1.82, 2.24) is 15.5 Å². The van der Waals surface area contributed by atoms with Crippen molar-refractivity contribution in [3.05, 3.63) is 23.7 Å². The summed E-state index contributed by atoms with van der Waals surface area (Å²) < 4.78 is 11.3. The summed E-state index contributed by atoms with van der Waals surface area (Å²) in [7, 11) is 0. The van der Waals surface area contributed by atoms with Gasteiger partial charge in [-0.2, -0.15) is 0 Å². The molecule has 0 radical (unpaired) electrons. The van der Waals surface area contributed by atoms with E-state index in [1.54, 1.807) is 0 Å². The largest absolute Gasteiger partial charge is 0.465 e. The van der Waals surface area contributed by atoms with Crippen LogP contribution in [0.1, 0.15) is 50.2 Å². The lowest BCUT2D eigenvalue weighted by Gasteiger charge is -2.34. The molecule has 1 aromatic rings. The number of rotatable bonds is 5. The van der Waals surface area contributed by atoms with Gasteiger partial charge in [0.2, 0.25) is 0 Å². The summed E-state index contributed by atoms with van der Waals surface area (Å²) in [6.07, 6.45) is 4.77. The molecule has 2 aliphatic rings. The number of nitrogens with one attached hydrogen (secondary N) is 2. The number of hydrogen-bond acceptors (Lipinski definition) is 4. The molecule has 6 heteroatoms. The number of amides is 2. The number of nitrogens with zero attached hydrogens (tertiary/aromatic N) is 1. The number of furan rings is 1. The number of carbonyl (C=O) groups is 1. The molecule has 3 atom stereocenters. The van der Waals surface area contributed by atoms with Crippen molar-refractivity contribution >= 4 is 6.03 Å². The third-order valence-corrected chi connectivity index (χ3v) is 5.46. The molecule has 1 saturated heterocycles. The van der Waals surface area contributed by atoms with E-state index in [1.165, 1.54) is 19.3 Å². The van der Waals surface area contributed by atoms with E-state index in [0.29, 0.717) is 18.5 Å². The zero-order chi connectivity index (χ0) is 17.6. The van der Waals surface area contributed by atoms with Crippen LogP contribution in [0.25, 0.3) is 0 Å². The Morgan fingerprint density at radius 2 is 2.04 bits per heavy atom. The average Bonchev–Trinajstić information content (AvgIpc) is 3.04. The fourth-order valence-electron chi connectivity index (χ4n) is 3.87. The lowest BCUT2D eigenvalue weighted by atomic mass is 9.86. The molecular weight excluding hydrogens is 318 g/mol. The minimum Gasteiger partial charge on any atom is -0.465 e. The van der Waals surface area contributed by atoms with Crippen LogP contribution in [0.5, 0.6) is 0 Å². The number of aryl methyl sites for hydroxylation is 1. The number of ether oxygens (including phenoxy) is 1. The van der Waals surface area contributed by atoms with E-state index in [9.17, 15) is 4.79 Å². The molecule has 25 heavy (non-hydrogen) atoms. The first kappa shape index (κ1) is 18.3. The first-order valence-corrected chi connectivity index (χ1v) is 9.56. The Morgan fingerprint density at radius 3 is 2.72 bits per heavy atom. The molecule has 1 aliphatic heterocycles. The van der Waals surface area contributed by atoms with E-state index < -0.39 is 0 Å². The molecule has 2 N–H and O–H groups in total. The Balaban J connectivity index is 1.57. The highest BCUT2D eigenvalue weighted by Gasteiger charge is 2.27. The van der Waals surface area contributed by atoms with E-state index in [-0.39, 0.29) is 12.1 Å². The third-order valence-electron chi connectivity index (χ3n) is 5.46. The molecule has 1 saturated carbocycles. The van der Waals surface area contributed by atoms with Crippen molar-refractivity contribution in [2.75, 3.05) is 32.8 Å². The third kappa shape index (κ3) is 4.98. The summed E-state index contributed by atoms with van der Waals surface area (Å²) >= 11 is 0. The Morgan fingerprint density at radius 1 is 1.28 bits per heavy atom. The van der Waals surface area contributed by atoms with Crippen LogP contribution in [0, 0.1) is 12.8 Å². The molecule has 140 valence electrons. The van der Waals surface area contributed by atoms with Crippen LogP contribution >= 0.6 is 0 Å². The van der Waals surface area contributed by atoms with Crippen molar-refractivity contribution in [2.24, 2.45) is 5.92 Å². The maximum atomic E-state index is 12.4. The Kier molecular flexibility index (Phi) is 6.37. The van der Waals surface area contributed by atoms with Crippen LogP contribution in [0.3, 0.4) is 0 Å². The van der Waals surface area contributed by atoms with Crippen LogP contribution < -0.4 is 10.6 Å². The average molecular weight is 349 g/mol. The van der Waals surface area contributed by atoms with Gasteiger partial charge < -0.3 is 19.8 Å². The quantitative estimate of drug-likeness (QED) is 0.858. The molecule has 3 unspecified atom stereocenters. The minimum absolute atomic E-state index is 0.0483. The standard InChI is InChI=1S/C19H31N3O3/c1-14-5-3-4-6-16(14)21-19(23)20-13-17(18-8-7-15(2)25-18)22-9-11-24-12-10-22/h7-8,14,16-17H,3-6,9-13H2,1-2H3,(H2,20,21,23). The first-order valence-electron chi connectivity index (χ1n) is 9.56. The SMILES string of the molecule is Cc1ccc(C(CNC(=O)NC2CCCCC2C)N2CCOCC2)o1. The van der Waals surface area contributed by atoms with E-state index in [2.05, 4.69) is 22.5 Å². The van der Waals surface area contributed by atoms with Gasteiger partial charge in [-0.05, 0) is 37.8 Å². The monoisotopic (exact) mass is 349 g/mol. The predicted octanol–water partition coefficient (Wildman–Crippen LogP) is 2.84. The molecule has 2 fully saturated rings. The summed E-state index contributed by atoms with van der Waals surface area (Å²) in [6.45, 7) is 7.88. The molecule has 0 spiro atoms. The lowest BCUT2D eigenvalue weighted by molar-refractivity contribution is 0.0121. The summed E-state index contributed by atoms with van der Waals surface area (Å²) in [5.41, 5.74) is 0. The van der Waals surface area contributed by atoms with Crippen molar-refractivity contribution in [3.8, 4) is 0 Å². The molecule has 2 heterocycles. The van der Waals surface area contributed by atoms with Crippen molar-refractivity contribution in [2.45, 2.75) is 51.6 Å². The maximum absolute atomic E-state index is 12.4. The molecular formula is C19H31N3O3. The molecule has 0 bridgehead atoms. The van der Waals surface area contributed by atoms with Gasteiger partial charge >= 0.3 is 6.03 Å². The van der Waals surface area contributed by atoms with E-state index in [0.717, 1.165) is 44.2 Å². The molecule has 1 aromatic heterocycles. The zero-order valence-corrected chi connectivity index (χ0v) is 15.4. The lowest BCUT2D eigenvalue weighted by Crippen LogP contribution is -2.49. The van der Waals surface area contributed by atoms with Crippen molar-refractivity contribution in [3.63, 3.8) is 0 Å². The molecule has 3 rings (SSSR count). The van der Waals surface area contributed by atoms with E-state index in [4.69, 9.17) is 9.15 Å². The van der Waals surface area contributed by atoms with Gasteiger partial charge in [-0.25, -0.2) is 4.79 Å². The van der Waals surface area contributed by atoms with Gasteiger partial charge in [-0.3, -0.25) is 4.90 Å². The van der Waals surface area contributed by atoms with Gasteiger partial charge in [0.05, 0.1) is 19.3 Å². The number of hydrogen-bond donors (Lipinski definition) is 2. The van der Waals surface area contributed by atoms with Gasteiger partial charge in [0.15, 0.2) is 0 Å². The second-order valence-corrected chi connectivity index (χ2v) is 7.34. The van der Waals surface area contributed by atoms with Gasteiger partial charge in [0.25, 0.3) is 0 Å². The topological polar surface area (TPSA) is 66.7 Å². The summed E-state index contributed by atoms with van der Waals surface area (Å²) in [5.74, 6) is 2.36. The highest BCUT2D eigenvalue weighted by Crippen LogP contribution is 2.25. The Bertz CT molecular complexity index is 554. The molecule has 0 aromatic carbocycles. The fourth-order valence-corrected chi connectivity index (χ4v) is 3.87. The number of carbonyl (C=O) groups excluding carboxylic acids is 1. The van der Waals surface area contributed by atoms with E-state index in [1.807, 2.05) is 19.1 Å². The summed E-state index contributed by atoms with van der Waals surface area (Å²) in [4.78, 5) is 14.7. The van der Waals surface area contributed by atoms with Crippen molar-refractivity contribution < 1.29 is 13.9 Å². The van der Waals surface area contributed by atoms with Gasteiger partial charge in [0, 0.05) is 25.7 Å². The fraction of sp³-hybridized carbons (Fsp3) is 0.737. The normalized spacial score (nSPS) is 26.2. The molecule has 1 aliphatic carbocycles. The smallest absolute Gasteiger partial charge is 0.315 e. The summed E-state index contributed by atoms with van der Waals surface area (Å²) in [6, 6.07) is 4.26. The van der Waals surface area contributed by atoms with Crippen LogP contribution in [0.4, 0.5) is 4.79 Å². The zero-order valence-electron chi connectivity index (χ0n) is 15.4. The summed E-state index contributed by atoms with van der Waals surface area (Å²) in [5, 5.41) is 6.22. The maximum Gasteiger partial charge on any atom is 0.315 e. The van der Waals surface area contributed by atoms with Gasteiger partial charge in [-0.15, -0.1) is 0 Å². The number of urea groups is 1.